The van der Waals surface area contributed by atoms with Crippen molar-refractivity contribution in [3.63, 3.8) is 0 Å². The van der Waals surface area contributed by atoms with Gasteiger partial charge in [0.05, 0.1) is 16.8 Å². The van der Waals surface area contributed by atoms with E-state index in [1.165, 1.54) is 35.2 Å². The van der Waals surface area contributed by atoms with Gasteiger partial charge in [0, 0.05) is 18.8 Å². The van der Waals surface area contributed by atoms with Gasteiger partial charge >= 0.3 is 0 Å². The summed E-state index contributed by atoms with van der Waals surface area (Å²) in [6.07, 6.45) is 5.69. The fourth-order valence-electron chi connectivity index (χ4n) is 1.47. The lowest BCUT2D eigenvalue weighted by molar-refractivity contribution is 0.104. The number of rotatable bonds is 3. The van der Waals surface area contributed by atoms with Gasteiger partial charge in [-0.25, -0.2) is 4.39 Å². The number of hydrogen-bond donors (Lipinski definition) is 0. The van der Waals surface area contributed by atoms with E-state index in [1.807, 2.05) is 0 Å². The Morgan fingerprint density at radius 1 is 1.50 bits per heavy atom. The van der Waals surface area contributed by atoms with Gasteiger partial charge in [-0.1, -0.05) is 17.7 Å². The summed E-state index contributed by atoms with van der Waals surface area (Å²) in [5.41, 5.74) is 0.651. The molecule has 92 valence electrons. The average molecular weight is 265 g/mol. The van der Waals surface area contributed by atoms with E-state index in [0.29, 0.717) is 5.56 Å². The summed E-state index contributed by atoms with van der Waals surface area (Å²) in [6, 6.07) is 4.37. The molecule has 0 N–H and O–H groups in total. The molecular weight excluding hydrogens is 255 g/mol. The molecule has 0 aliphatic carbocycles. The first kappa shape index (κ1) is 12.5. The number of benzene rings is 1. The van der Waals surface area contributed by atoms with Crippen LogP contribution in [0.15, 0.2) is 36.7 Å². The maximum Gasteiger partial charge on any atom is 0.189 e. The molecule has 0 atom stereocenters. The van der Waals surface area contributed by atoms with Crippen LogP contribution in [0.1, 0.15) is 15.9 Å². The average Bonchev–Trinajstić information content (AvgIpc) is 2.75. The number of nitrogens with zero attached hydrogens (tertiary/aromatic N) is 2. The van der Waals surface area contributed by atoms with E-state index in [0.717, 1.165) is 0 Å². The molecule has 0 saturated carbocycles. The van der Waals surface area contributed by atoms with Crippen molar-refractivity contribution < 1.29 is 9.18 Å². The maximum atomic E-state index is 13.4. The smallest absolute Gasteiger partial charge is 0.189 e. The first-order valence-electron chi connectivity index (χ1n) is 5.23. The van der Waals surface area contributed by atoms with Crippen LogP contribution in [0.25, 0.3) is 6.08 Å². The summed E-state index contributed by atoms with van der Waals surface area (Å²) in [5.74, 6) is -0.708. The molecule has 0 bridgehead atoms. The second-order valence-corrected chi connectivity index (χ2v) is 4.14. The number of hydrogen-bond acceptors (Lipinski definition) is 2. The molecule has 0 saturated heterocycles. The first-order chi connectivity index (χ1) is 8.58. The fourth-order valence-corrected chi connectivity index (χ4v) is 1.70. The van der Waals surface area contributed by atoms with Crippen LogP contribution in [-0.2, 0) is 7.05 Å². The van der Waals surface area contributed by atoms with Gasteiger partial charge < -0.3 is 0 Å². The maximum absolute atomic E-state index is 13.4. The van der Waals surface area contributed by atoms with Crippen molar-refractivity contribution in [1.82, 2.24) is 9.78 Å². The Morgan fingerprint density at radius 2 is 2.28 bits per heavy atom. The third-order valence-electron chi connectivity index (χ3n) is 2.39. The highest BCUT2D eigenvalue weighted by Gasteiger charge is 2.06. The molecule has 1 heterocycles. The van der Waals surface area contributed by atoms with E-state index in [1.54, 1.807) is 19.3 Å². The topological polar surface area (TPSA) is 34.9 Å². The highest BCUT2D eigenvalue weighted by atomic mass is 35.5. The highest BCUT2D eigenvalue weighted by molar-refractivity contribution is 6.32. The predicted molar refractivity (Wildman–Crippen MR) is 68.0 cm³/mol. The molecule has 5 heteroatoms. The first-order valence-corrected chi connectivity index (χ1v) is 5.61. The third kappa shape index (κ3) is 2.65. The van der Waals surface area contributed by atoms with Crippen LogP contribution in [0, 0.1) is 5.82 Å². The Morgan fingerprint density at radius 3 is 2.89 bits per heavy atom. The van der Waals surface area contributed by atoms with Gasteiger partial charge in [0.2, 0.25) is 0 Å². The zero-order valence-electron chi connectivity index (χ0n) is 9.60. The molecule has 0 aliphatic rings. The summed E-state index contributed by atoms with van der Waals surface area (Å²) in [7, 11) is 1.72. The number of ketones is 1. The van der Waals surface area contributed by atoms with Gasteiger partial charge in [-0.3, -0.25) is 9.48 Å². The van der Waals surface area contributed by atoms with E-state index >= 15 is 0 Å². The van der Waals surface area contributed by atoms with Crippen molar-refractivity contribution >= 4 is 23.5 Å². The van der Waals surface area contributed by atoms with E-state index in [4.69, 9.17) is 11.6 Å². The van der Waals surface area contributed by atoms with E-state index < -0.39 is 5.82 Å². The van der Waals surface area contributed by atoms with Crippen LogP contribution in [0.3, 0.4) is 0 Å². The van der Waals surface area contributed by atoms with Gasteiger partial charge in [-0.05, 0) is 24.3 Å². The van der Waals surface area contributed by atoms with E-state index in [2.05, 4.69) is 5.10 Å². The van der Waals surface area contributed by atoms with Crippen LogP contribution in [-0.4, -0.2) is 15.6 Å². The molecule has 0 amide bonds. The lowest BCUT2D eigenvalue weighted by Crippen LogP contribution is -1.92. The van der Waals surface area contributed by atoms with Crippen molar-refractivity contribution in [3.8, 4) is 0 Å². The summed E-state index contributed by atoms with van der Waals surface area (Å²) < 4.78 is 15.0. The van der Waals surface area contributed by atoms with Crippen molar-refractivity contribution in [3.05, 3.63) is 58.6 Å². The van der Waals surface area contributed by atoms with Crippen LogP contribution < -0.4 is 0 Å². The van der Waals surface area contributed by atoms with Gasteiger partial charge in [0.15, 0.2) is 5.78 Å². The van der Waals surface area contributed by atoms with Crippen LogP contribution in [0.5, 0.6) is 0 Å². The van der Waals surface area contributed by atoms with Crippen molar-refractivity contribution in [2.45, 2.75) is 0 Å². The molecule has 0 spiro atoms. The second kappa shape index (κ2) is 5.14. The lowest BCUT2D eigenvalue weighted by atomic mass is 10.1. The molecule has 0 fully saturated rings. The molecule has 0 unspecified atom stereocenters. The Bertz CT molecular complexity index is 599. The molecule has 3 nitrogen and oxygen atoms in total. The number of allylic oxidation sites excluding steroid dienone is 1. The molecule has 0 aliphatic heterocycles. The Hall–Kier alpha value is -1.94. The molecule has 1 aromatic carbocycles. The number of carbonyl (C=O) groups is 1. The number of carbonyl (C=O) groups excluding carboxylic acids is 1. The quantitative estimate of drug-likeness (QED) is 0.631. The molecule has 1 aromatic heterocycles. The molecule has 0 radical (unpaired) electrons. The van der Waals surface area contributed by atoms with Crippen LogP contribution in [0.4, 0.5) is 4.39 Å². The number of aromatic nitrogens is 2. The summed E-state index contributed by atoms with van der Waals surface area (Å²) in [6.45, 7) is 0. The van der Waals surface area contributed by atoms with E-state index in [9.17, 15) is 9.18 Å². The minimum Gasteiger partial charge on any atom is -0.289 e. The largest absolute Gasteiger partial charge is 0.289 e. The van der Waals surface area contributed by atoms with Gasteiger partial charge in [-0.2, -0.15) is 5.10 Å². The summed E-state index contributed by atoms with van der Waals surface area (Å²) >= 11 is 5.84. The van der Waals surface area contributed by atoms with Gasteiger partial charge in [0.1, 0.15) is 5.82 Å². The Labute approximate surface area is 108 Å². The molecule has 2 rings (SSSR count). The number of aryl methyl sites for hydroxylation is 1. The standard InChI is InChI=1S/C13H10ClFN2O/c1-17-8-9(7-16-17)13(18)6-5-10-11(14)3-2-4-12(10)15/h2-8H,1H3/b6-5+. The van der Waals surface area contributed by atoms with Gasteiger partial charge in [0.25, 0.3) is 0 Å². The van der Waals surface area contributed by atoms with Crippen molar-refractivity contribution in [1.29, 1.82) is 0 Å². The van der Waals surface area contributed by atoms with Crippen molar-refractivity contribution in [2.75, 3.05) is 0 Å². The monoisotopic (exact) mass is 264 g/mol. The minimum absolute atomic E-state index is 0.205. The zero-order valence-corrected chi connectivity index (χ0v) is 10.4. The van der Waals surface area contributed by atoms with Gasteiger partial charge in [-0.15, -0.1) is 0 Å². The molecule has 2 aromatic rings. The second-order valence-electron chi connectivity index (χ2n) is 3.74. The zero-order chi connectivity index (χ0) is 13.1. The Kier molecular flexibility index (Phi) is 3.58. The lowest BCUT2D eigenvalue weighted by Gasteiger charge is -1.98. The van der Waals surface area contributed by atoms with E-state index in [-0.39, 0.29) is 16.4 Å². The fraction of sp³-hybridized carbons (Fsp3) is 0.0769. The number of halogens is 2. The van der Waals surface area contributed by atoms with Crippen LogP contribution in [0.2, 0.25) is 5.02 Å². The normalized spacial score (nSPS) is 11.1. The minimum atomic E-state index is -0.460. The highest BCUT2D eigenvalue weighted by Crippen LogP contribution is 2.20. The molecule has 18 heavy (non-hydrogen) atoms. The third-order valence-corrected chi connectivity index (χ3v) is 2.72. The predicted octanol–water partition coefficient (Wildman–Crippen LogP) is 3.11. The SMILES string of the molecule is Cn1cc(C(=O)/C=C/c2c(F)cccc2Cl)cn1. The van der Waals surface area contributed by atoms with Crippen molar-refractivity contribution in [2.24, 2.45) is 7.05 Å². The van der Waals surface area contributed by atoms with Crippen LogP contribution >= 0.6 is 11.6 Å². The summed E-state index contributed by atoms with van der Waals surface area (Å²) in [5, 5.41) is 4.16. The Balaban J connectivity index is 2.24. The summed E-state index contributed by atoms with van der Waals surface area (Å²) in [4.78, 5) is 11.7. The molecular formula is C13H10ClFN2O.